The predicted molar refractivity (Wildman–Crippen MR) is 118 cm³/mol. The molecule has 4 aromatic rings. The minimum Gasteiger partial charge on any atom is -0.493 e. The second-order valence-electron chi connectivity index (χ2n) is 6.28. The number of aromatic nitrogens is 4. The van der Waals surface area contributed by atoms with Crippen LogP contribution in [0.1, 0.15) is 6.92 Å². The SMILES string of the molecule is C=CCn1c(SC(C)C(=O)Nc2nccs2)nnc1-c1cc2cccc(OC)c2o1. The standard InChI is InChI=1S/C20H19N5O3S2/c1-4-9-25-17(15-11-13-6-5-7-14(27-3)16(13)28-15)23-24-20(25)30-12(2)18(26)22-19-21-8-10-29-19/h4-8,10-12H,1,9H2,2-3H3,(H,21,22,26). The quantitative estimate of drug-likeness (QED) is 0.318. The number of anilines is 1. The highest BCUT2D eigenvalue weighted by molar-refractivity contribution is 8.00. The van der Waals surface area contributed by atoms with E-state index in [4.69, 9.17) is 9.15 Å². The number of benzene rings is 1. The Kier molecular flexibility index (Phi) is 5.86. The normalized spacial score (nSPS) is 12.1. The van der Waals surface area contributed by atoms with Gasteiger partial charge in [0.05, 0.1) is 12.4 Å². The van der Waals surface area contributed by atoms with Gasteiger partial charge in [-0.15, -0.1) is 28.1 Å². The van der Waals surface area contributed by atoms with Crippen molar-refractivity contribution < 1.29 is 13.9 Å². The van der Waals surface area contributed by atoms with Gasteiger partial charge in [-0.05, 0) is 19.1 Å². The lowest BCUT2D eigenvalue weighted by molar-refractivity contribution is -0.115. The maximum absolute atomic E-state index is 12.5. The summed E-state index contributed by atoms with van der Waals surface area (Å²) in [6.07, 6.45) is 3.40. The summed E-state index contributed by atoms with van der Waals surface area (Å²) < 4.78 is 13.3. The number of furan rings is 1. The minimum absolute atomic E-state index is 0.155. The zero-order chi connectivity index (χ0) is 21.1. The maximum atomic E-state index is 12.5. The Balaban J connectivity index is 1.62. The van der Waals surface area contributed by atoms with Gasteiger partial charge in [0.15, 0.2) is 27.4 Å². The van der Waals surface area contributed by atoms with Crippen molar-refractivity contribution in [3.63, 3.8) is 0 Å². The maximum Gasteiger partial charge on any atom is 0.239 e. The Bertz CT molecular complexity index is 1180. The summed E-state index contributed by atoms with van der Waals surface area (Å²) in [4.78, 5) is 16.6. The van der Waals surface area contributed by atoms with Crippen molar-refractivity contribution in [2.24, 2.45) is 0 Å². The van der Waals surface area contributed by atoms with E-state index >= 15 is 0 Å². The van der Waals surface area contributed by atoms with Crippen molar-refractivity contribution >= 4 is 45.1 Å². The molecule has 154 valence electrons. The summed E-state index contributed by atoms with van der Waals surface area (Å²) in [6.45, 7) is 6.11. The summed E-state index contributed by atoms with van der Waals surface area (Å²) in [6, 6.07) is 7.58. The van der Waals surface area contributed by atoms with Crippen molar-refractivity contribution in [3.8, 4) is 17.3 Å². The number of hydrogen-bond acceptors (Lipinski definition) is 8. The number of thioether (sulfide) groups is 1. The van der Waals surface area contributed by atoms with Crippen molar-refractivity contribution in [2.75, 3.05) is 12.4 Å². The van der Waals surface area contributed by atoms with Gasteiger partial charge in [0.1, 0.15) is 0 Å². The average Bonchev–Trinajstić information content (AvgIpc) is 3.48. The zero-order valence-electron chi connectivity index (χ0n) is 16.4. The van der Waals surface area contributed by atoms with Crippen molar-refractivity contribution in [3.05, 3.63) is 48.5 Å². The number of rotatable bonds is 8. The molecule has 0 spiro atoms. The summed E-state index contributed by atoms with van der Waals surface area (Å²) >= 11 is 2.68. The van der Waals surface area contributed by atoms with E-state index in [2.05, 4.69) is 27.1 Å². The first-order valence-electron chi connectivity index (χ1n) is 9.08. The lowest BCUT2D eigenvalue weighted by atomic mass is 10.2. The molecule has 30 heavy (non-hydrogen) atoms. The number of carbonyl (C=O) groups excluding carboxylic acids is 1. The fourth-order valence-corrected chi connectivity index (χ4v) is 4.25. The van der Waals surface area contributed by atoms with E-state index in [1.165, 1.54) is 23.1 Å². The van der Waals surface area contributed by atoms with E-state index in [1.54, 1.807) is 19.4 Å². The van der Waals surface area contributed by atoms with Crippen LogP contribution in [-0.4, -0.2) is 38.0 Å². The molecule has 0 saturated carbocycles. The highest BCUT2D eigenvalue weighted by atomic mass is 32.2. The van der Waals surface area contributed by atoms with Gasteiger partial charge in [-0.1, -0.05) is 30.0 Å². The average molecular weight is 442 g/mol. The monoisotopic (exact) mass is 441 g/mol. The number of amides is 1. The Morgan fingerprint density at radius 2 is 2.33 bits per heavy atom. The Morgan fingerprint density at radius 1 is 1.47 bits per heavy atom. The van der Waals surface area contributed by atoms with Gasteiger partial charge in [-0.3, -0.25) is 9.36 Å². The molecule has 0 fully saturated rings. The van der Waals surface area contributed by atoms with Crippen LogP contribution in [0.4, 0.5) is 5.13 Å². The van der Waals surface area contributed by atoms with Crippen LogP contribution in [0.5, 0.6) is 5.75 Å². The summed E-state index contributed by atoms with van der Waals surface area (Å²) in [5.41, 5.74) is 0.647. The highest BCUT2D eigenvalue weighted by Crippen LogP contribution is 2.34. The Morgan fingerprint density at radius 3 is 3.07 bits per heavy atom. The molecule has 1 aromatic carbocycles. The molecule has 1 unspecified atom stereocenters. The molecule has 0 bridgehead atoms. The number of carbonyl (C=O) groups is 1. The molecule has 3 heterocycles. The van der Waals surface area contributed by atoms with Gasteiger partial charge in [0, 0.05) is 23.5 Å². The van der Waals surface area contributed by atoms with E-state index in [-0.39, 0.29) is 5.91 Å². The predicted octanol–water partition coefficient (Wildman–Crippen LogP) is 4.46. The molecular weight excluding hydrogens is 422 g/mol. The zero-order valence-corrected chi connectivity index (χ0v) is 18.0. The van der Waals surface area contributed by atoms with Crippen LogP contribution >= 0.6 is 23.1 Å². The number of nitrogens with zero attached hydrogens (tertiary/aromatic N) is 4. The van der Waals surface area contributed by atoms with Crippen LogP contribution in [0.2, 0.25) is 0 Å². The van der Waals surface area contributed by atoms with Crippen LogP contribution in [0, 0.1) is 0 Å². The van der Waals surface area contributed by atoms with E-state index < -0.39 is 5.25 Å². The number of fused-ring (bicyclic) bond motifs is 1. The second kappa shape index (κ2) is 8.72. The third kappa shape index (κ3) is 3.96. The number of hydrogen-bond donors (Lipinski definition) is 1. The molecule has 1 amide bonds. The molecule has 0 radical (unpaired) electrons. The third-order valence-electron chi connectivity index (χ3n) is 4.29. The van der Waals surface area contributed by atoms with Gasteiger partial charge < -0.3 is 14.5 Å². The number of ether oxygens (including phenoxy) is 1. The molecular formula is C20H19N5O3S2. The topological polar surface area (TPSA) is 95.1 Å². The summed E-state index contributed by atoms with van der Waals surface area (Å²) in [5, 5.41) is 14.9. The van der Waals surface area contributed by atoms with Crippen LogP contribution in [0.3, 0.4) is 0 Å². The first kappa shape index (κ1) is 20.2. The van der Waals surface area contributed by atoms with E-state index in [1.807, 2.05) is 41.1 Å². The Labute approximate surface area is 181 Å². The first-order valence-corrected chi connectivity index (χ1v) is 10.8. The van der Waals surface area contributed by atoms with Gasteiger partial charge in [0.25, 0.3) is 0 Å². The molecule has 4 rings (SSSR count). The fourth-order valence-electron chi connectivity index (χ4n) is 2.86. The molecule has 8 nitrogen and oxygen atoms in total. The van der Waals surface area contributed by atoms with Crippen LogP contribution < -0.4 is 10.1 Å². The number of nitrogens with one attached hydrogen (secondary N) is 1. The number of methoxy groups -OCH3 is 1. The molecule has 1 N–H and O–H groups in total. The lowest BCUT2D eigenvalue weighted by Gasteiger charge is -2.11. The van der Waals surface area contributed by atoms with Crippen LogP contribution in [-0.2, 0) is 11.3 Å². The summed E-state index contributed by atoms with van der Waals surface area (Å²) in [5.74, 6) is 1.62. The van der Waals surface area contributed by atoms with E-state index in [0.717, 1.165) is 5.39 Å². The molecule has 10 heteroatoms. The summed E-state index contributed by atoms with van der Waals surface area (Å²) in [7, 11) is 1.60. The first-order chi connectivity index (χ1) is 14.6. The minimum atomic E-state index is -0.398. The molecule has 0 aliphatic heterocycles. The molecule has 3 aromatic heterocycles. The third-order valence-corrected chi connectivity index (χ3v) is 6.06. The van der Waals surface area contributed by atoms with Crippen LogP contribution in [0.25, 0.3) is 22.6 Å². The van der Waals surface area contributed by atoms with E-state index in [0.29, 0.717) is 39.7 Å². The molecule has 0 aliphatic rings. The molecule has 0 aliphatic carbocycles. The number of para-hydroxylation sites is 1. The molecule has 1 atom stereocenters. The number of thiazole rings is 1. The van der Waals surface area contributed by atoms with Gasteiger partial charge in [0.2, 0.25) is 11.7 Å². The van der Waals surface area contributed by atoms with Gasteiger partial charge >= 0.3 is 0 Å². The van der Waals surface area contributed by atoms with Gasteiger partial charge in [-0.25, -0.2) is 4.98 Å². The highest BCUT2D eigenvalue weighted by Gasteiger charge is 2.23. The van der Waals surface area contributed by atoms with Crippen molar-refractivity contribution in [1.82, 2.24) is 19.7 Å². The van der Waals surface area contributed by atoms with E-state index in [9.17, 15) is 4.79 Å². The van der Waals surface area contributed by atoms with Gasteiger partial charge in [-0.2, -0.15) is 0 Å². The second-order valence-corrected chi connectivity index (χ2v) is 8.48. The fraction of sp³-hybridized carbons (Fsp3) is 0.200. The molecule has 0 saturated heterocycles. The smallest absolute Gasteiger partial charge is 0.239 e. The van der Waals surface area contributed by atoms with Crippen molar-refractivity contribution in [2.45, 2.75) is 23.9 Å². The number of allylic oxidation sites excluding steroid dienone is 1. The lowest BCUT2D eigenvalue weighted by Crippen LogP contribution is -2.22. The largest absolute Gasteiger partial charge is 0.493 e. The Hall–Kier alpha value is -3.11. The van der Waals surface area contributed by atoms with Crippen molar-refractivity contribution in [1.29, 1.82) is 0 Å². The van der Waals surface area contributed by atoms with Crippen LogP contribution in [0.15, 0.2) is 58.1 Å².